The van der Waals surface area contributed by atoms with Crippen molar-refractivity contribution in [3.05, 3.63) is 59.1 Å². The van der Waals surface area contributed by atoms with Gasteiger partial charge in [0.1, 0.15) is 12.7 Å². The lowest BCUT2D eigenvalue weighted by atomic mass is 10.2. The summed E-state index contributed by atoms with van der Waals surface area (Å²) in [4.78, 5) is 23.9. The molecule has 1 heterocycles. The van der Waals surface area contributed by atoms with Crippen molar-refractivity contribution in [1.82, 2.24) is 10.6 Å². The van der Waals surface area contributed by atoms with Crippen molar-refractivity contribution in [2.75, 3.05) is 19.7 Å². The van der Waals surface area contributed by atoms with Gasteiger partial charge < -0.3 is 20.1 Å². The van der Waals surface area contributed by atoms with Crippen LogP contribution in [-0.2, 0) is 4.79 Å². The van der Waals surface area contributed by atoms with Crippen molar-refractivity contribution in [3.8, 4) is 11.5 Å². The minimum Gasteiger partial charge on any atom is -0.486 e. The Balaban J connectivity index is 1.37. The maximum atomic E-state index is 12.0. The molecular weight excluding hydrogens is 356 g/mol. The number of halogens is 1. The zero-order chi connectivity index (χ0) is 18.4. The Bertz CT molecular complexity index is 797. The van der Waals surface area contributed by atoms with Crippen LogP contribution < -0.4 is 20.1 Å². The maximum Gasteiger partial charge on any atom is 0.252 e. The second kappa shape index (κ2) is 8.58. The quantitative estimate of drug-likeness (QED) is 0.814. The molecule has 0 aromatic heterocycles. The molecule has 136 valence electrons. The first-order chi connectivity index (χ1) is 12.6. The number of carbonyl (C=O) groups excluding carboxylic acids is 2. The molecule has 2 aromatic carbocycles. The van der Waals surface area contributed by atoms with Crippen LogP contribution in [0, 0.1) is 0 Å². The Kier molecular flexibility index (Phi) is 5.96. The highest BCUT2D eigenvalue weighted by atomic mass is 35.5. The second-order valence-corrected chi connectivity index (χ2v) is 6.19. The monoisotopic (exact) mass is 374 g/mol. The van der Waals surface area contributed by atoms with Crippen LogP contribution in [-0.4, -0.2) is 37.6 Å². The summed E-state index contributed by atoms with van der Waals surface area (Å²) in [6.07, 6.45) is -0.0769. The first-order valence-electron chi connectivity index (χ1n) is 8.31. The number of rotatable bonds is 6. The van der Waals surface area contributed by atoms with Gasteiger partial charge in [0.15, 0.2) is 11.5 Å². The summed E-state index contributed by atoms with van der Waals surface area (Å²) in [5.74, 6) is 0.901. The third kappa shape index (κ3) is 4.67. The van der Waals surface area contributed by atoms with Crippen LogP contribution in [0.2, 0.25) is 5.02 Å². The van der Waals surface area contributed by atoms with Gasteiger partial charge in [-0.15, -0.1) is 0 Å². The fourth-order valence-corrected chi connectivity index (χ4v) is 2.73. The van der Waals surface area contributed by atoms with Crippen molar-refractivity contribution >= 4 is 23.4 Å². The van der Waals surface area contributed by atoms with E-state index in [4.69, 9.17) is 21.1 Å². The number of benzene rings is 2. The first kappa shape index (κ1) is 18.1. The van der Waals surface area contributed by atoms with Gasteiger partial charge >= 0.3 is 0 Å². The van der Waals surface area contributed by atoms with Gasteiger partial charge in [0.25, 0.3) is 5.91 Å². The summed E-state index contributed by atoms with van der Waals surface area (Å²) in [6.45, 7) is 0.937. The number of ether oxygens (including phenoxy) is 2. The lowest BCUT2D eigenvalue weighted by Crippen LogP contribution is -2.41. The van der Waals surface area contributed by atoms with Crippen LogP contribution in [0.1, 0.15) is 16.8 Å². The van der Waals surface area contributed by atoms with Gasteiger partial charge in [-0.05, 0) is 24.3 Å². The normalized spacial score (nSPS) is 15.2. The number of amides is 2. The molecule has 2 aromatic rings. The van der Waals surface area contributed by atoms with E-state index in [2.05, 4.69) is 10.6 Å². The van der Waals surface area contributed by atoms with Gasteiger partial charge in [0.05, 0.1) is 17.1 Å². The zero-order valence-electron chi connectivity index (χ0n) is 14.0. The minimum atomic E-state index is -0.302. The van der Waals surface area contributed by atoms with Crippen molar-refractivity contribution in [2.45, 2.75) is 12.5 Å². The number of carbonyl (C=O) groups is 2. The Morgan fingerprint density at radius 3 is 2.58 bits per heavy atom. The van der Waals surface area contributed by atoms with E-state index in [0.29, 0.717) is 35.2 Å². The maximum absolute atomic E-state index is 12.0. The Morgan fingerprint density at radius 2 is 1.77 bits per heavy atom. The molecule has 1 aliphatic heterocycles. The van der Waals surface area contributed by atoms with E-state index in [0.717, 1.165) is 0 Å². The van der Waals surface area contributed by atoms with Gasteiger partial charge in [0, 0.05) is 13.0 Å². The summed E-state index contributed by atoms with van der Waals surface area (Å²) in [5, 5.41) is 5.85. The van der Waals surface area contributed by atoms with Crippen LogP contribution in [0.15, 0.2) is 48.5 Å². The van der Waals surface area contributed by atoms with Crippen molar-refractivity contribution < 1.29 is 19.1 Å². The van der Waals surface area contributed by atoms with Crippen LogP contribution in [0.5, 0.6) is 11.5 Å². The van der Waals surface area contributed by atoms with Crippen LogP contribution >= 0.6 is 11.6 Å². The smallest absolute Gasteiger partial charge is 0.252 e. The van der Waals surface area contributed by atoms with E-state index in [1.54, 1.807) is 24.3 Å². The molecule has 0 radical (unpaired) electrons. The number of nitrogens with one attached hydrogen (secondary N) is 2. The highest BCUT2D eigenvalue weighted by molar-refractivity contribution is 6.33. The van der Waals surface area contributed by atoms with Gasteiger partial charge in [0.2, 0.25) is 5.91 Å². The topological polar surface area (TPSA) is 76.7 Å². The third-order valence-corrected chi connectivity index (χ3v) is 4.18. The molecule has 0 saturated heterocycles. The lowest BCUT2D eigenvalue weighted by Gasteiger charge is -2.26. The fourth-order valence-electron chi connectivity index (χ4n) is 2.51. The highest BCUT2D eigenvalue weighted by Crippen LogP contribution is 2.30. The second-order valence-electron chi connectivity index (χ2n) is 5.79. The summed E-state index contributed by atoms with van der Waals surface area (Å²) < 4.78 is 11.4. The Labute approximate surface area is 156 Å². The lowest BCUT2D eigenvalue weighted by molar-refractivity contribution is -0.121. The van der Waals surface area contributed by atoms with Gasteiger partial charge in [-0.1, -0.05) is 35.9 Å². The predicted molar refractivity (Wildman–Crippen MR) is 97.8 cm³/mol. The van der Waals surface area contributed by atoms with E-state index >= 15 is 0 Å². The molecule has 0 saturated carbocycles. The summed E-state index contributed by atoms with van der Waals surface area (Å²) in [7, 11) is 0. The van der Waals surface area contributed by atoms with Crippen molar-refractivity contribution in [2.24, 2.45) is 0 Å². The number of hydrogen-bond acceptors (Lipinski definition) is 4. The average molecular weight is 375 g/mol. The van der Waals surface area contributed by atoms with E-state index in [1.807, 2.05) is 24.3 Å². The molecule has 1 aliphatic rings. The largest absolute Gasteiger partial charge is 0.486 e. The van der Waals surface area contributed by atoms with E-state index in [-0.39, 0.29) is 30.9 Å². The number of hydrogen-bond donors (Lipinski definition) is 2. The van der Waals surface area contributed by atoms with Gasteiger partial charge in [-0.2, -0.15) is 0 Å². The number of para-hydroxylation sites is 2. The van der Waals surface area contributed by atoms with Crippen molar-refractivity contribution in [3.63, 3.8) is 0 Å². The molecule has 26 heavy (non-hydrogen) atoms. The third-order valence-electron chi connectivity index (χ3n) is 3.85. The van der Waals surface area contributed by atoms with Gasteiger partial charge in [-0.3, -0.25) is 9.59 Å². The molecule has 0 spiro atoms. The number of fused-ring (bicyclic) bond motifs is 1. The summed E-state index contributed by atoms with van der Waals surface area (Å²) in [5.41, 5.74) is 0.390. The highest BCUT2D eigenvalue weighted by Gasteiger charge is 2.21. The minimum absolute atomic E-state index is 0.167. The van der Waals surface area contributed by atoms with E-state index in [1.165, 1.54) is 0 Å². The van der Waals surface area contributed by atoms with Gasteiger partial charge in [-0.25, -0.2) is 0 Å². The molecule has 0 aliphatic carbocycles. The Hall–Kier alpha value is -2.73. The SMILES string of the molecule is O=C(CCNC(=O)c1ccccc1Cl)NCC1COc2ccccc2O1. The molecule has 1 unspecified atom stereocenters. The van der Waals surface area contributed by atoms with Crippen LogP contribution in [0.3, 0.4) is 0 Å². The molecule has 2 N–H and O–H groups in total. The summed E-state index contributed by atoms with van der Waals surface area (Å²) >= 11 is 5.97. The van der Waals surface area contributed by atoms with Crippen molar-refractivity contribution in [1.29, 1.82) is 0 Å². The molecular formula is C19H19ClN2O4. The van der Waals surface area contributed by atoms with E-state index in [9.17, 15) is 9.59 Å². The summed E-state index contributed by atoms with van der Waals surface area (Å²) in [6, 6.07) is 14.2. The Morgan fingerprint density at radius 1 is 1.04 bits per heavy atom. The van der Waals surface area contributed by atoms with E-state index < -0.39 is 0 Å². The standard InChI is InChI=1S/C19H19ClN2O4/c20-15-6-2-1-5-14(15)19(24)21-10-9-18(23)22-11-13-12-25-16-7-3-4-8-17(16)26-13/h1-8,13H,9-12H2,(H,21,24)(H,22,23). The molecule has 2 amide bonds. The van der Waals surface area contributed by atoms with Crippen LogP contribution in [0.4, 0.5) is 0 Å². The molecule has 6 nitrogen and oxygen atoms in total. The molecule has 7 heteroatoms. The zero-order valence-corrected chi connectivity index (χ0v) is 14.8. The molecule has 0 bridgehead atoms. The molecule has 3 rings (SSSR count). The molecule has 0 fully saturated rings. The average Bonchev–Trinajstić information content (AvgIpc) is 2.66. The fraction of sp³-hybridized carbons (Fsp3) is 0.263. The predicted octanol–water partition coefficient (Wildman–Crippen LogP) is 2.42. The first-order valence-corrected chi connectivity index (χ1v) is 8.69. The molecule has 1 atom stereocenters. The van der Waals surface area contributed by atoms with Crippen LogP contribution in [0.25, 0.3) is 0 Å².